The molecule has 0 saturated carbocycles. The molecule has 0 radical (unpaired) electrons. The molecule has 17 heavy (non-hydrogen) atoms. The number of aromatic amines is 1. The predicted molar refractivity (Wildman–Crippen MR) is 77.3 cm³/mol. The maximum absolute atomic E-state index is 11.5. The first-order valence-corrected chi connectivity index (χ1v) is 6.57. The van der Waals surface area contributed by atoms with Gasteiger partial charge < -0.3 is 9.72 Å². The van der Waals surface area contributed by atoms with E-state index in [1.54, 1.807) is 7.11 Å². The molecule has 0 aliphatic heterocycles. The molecule has 2 aromatic rings. The molecule has 0 spiro atoms. The summed E-state index contributed by atoms with van der Waals surface area (Å²) in [4.78, 5) is 18.5. The highest BCUT2D eigenvalue weighted by molar-refractivity contribution is 14.1. The second kappa shape index (κ2) is 5.18. The van der Waals surface area contributed by atoms with Gasteiger partial charge in [-0.2, -0.15) is 0 Å². The van der Waals surface area contributed by atoms with Crippen molar-refractivity contribution in [1.82, 2.24) is 9.97 Å². The standard InChI is InChI=1S/C11H8BrIN2O2/c1-17-9-3-2-6(12)4-7(9)10-14-5-8(13)11(16)15-10/h2-5H,1H3,(H,14,15,16). The molecule has 1 aromatic heterocycles. The smallest absolute Gasteiger partial charge is 0.264 e. The van der Waals surface area contributed by atoms with Crippen LogP contribution in [0.1, 0.15) is 0 Å². The highest BCUT2D eigenvalue weighted by atomic mass is 127. The summed E-state index contributed by atoms with van der Waals surface area (Å²) in [5.74, 6) is 1.16. The van der Waals surface area contributed by atoms with Gasteiger partial charge in [-0.15, -0.1) is 0 Å². The molecule has 0 amide bonds. The highest BCUT2D eigenvalue weighted by Crippen LogP contribution is 2.29. The van der Waals surface area contributed by atoms with Gasteiger partial charge in [-0.1, -0.05) is 15.9 Å². The lowest BCUT2D eigenvalue weighted by Gasteiger charge is -2.08. The molecule has 0 saturated heterocycles. The van der Waals surface area contributed by atoms with Crippen LogP contribution in [-0.4, -0.2) is 17.1 Å². The van der Waals surface area contributed by atoms with Gasteiger partial charge in [0, 0.05) is 10.7 Å². The number of nitrogens with one attached hydrogen (secondary N) is 1. The van der Waals surface area contributed by atoms with E-state index in [-0.39, 0.29) is 5.56 Å². The van der Waals surface area contributed by atoms with Crippen LogP contribution in [0.25, 0.3) is 11.4 Å². The van der Waals surface area contributed by atoms with Gasteiger partial charge in [-0.3, -0.25) is 4.79 Å². The fourth-order valence-electron chi connectivity index (χ4n) is 1.38. The number of aromatic nitrogens is 2. The number of halogens is 2. The summed E-state index contributed by atoms with van der Waals surface area (Å²) in [6.07, 6.45) is 1.54. The molecule has 0 aliphatic rings. The van der Waals surface area contributed by atoms with E-state index in [9.17, 15) is 4.79 Å². The number of H-pyrrole nitrogens is 1. The van der Waals surface area contributed by atoms with Gasteiger partial charge >= 0.3 is 0 Å². The van der Waals surface area contributed by atoms with Crippen molar-refractivity contribution < 1.29 is 4.74 Å². The van der Waals surface area contributed by atoms with E-state index in [0.29, 0.717) is 15.1 Å². The van der Waals surface area contributed by atoms with Gasteiger partial charge in [-0.25, -0.2) is 4.98 Å². The van der Waals surface area contributed by atoms with Gasteiger partial charge in [0.05, 0.1) is 16.2 Å². The quantitative estimate of drug-likeness (QED) is 0.780. The second-order valence-electron chi connectivity index (χ2n) is 3.25. The van der Waals surface area contributed by atoms with E-state index in [0.717, 1.165) is 10.0 Å². The monoisotopic (exact) mass is 406 g/mol. The molecular weight excluding hydrogens is 399 g/mol. The Bertz CT molecular complexity index is 613. The molecule has 1 aromatic carbocycles. The molecule has 2 rings (SSSR count). The zero-order valence-electron chi connectivity index (χ0n) is 8.83. The maximum atomic E-state index is 11.5. The van der Waals surface area contributed by atoms with Gasteiger partial charge in [0.1, 0.15) is 11.6 Å². The summed E-state index contributed by atoms with van der Waals surface area (Å²) in [7, 11) is 1.58. The van der Waals surface area contributed by atoms with Crippen LogP contribution in [-0.2, 0) is 0 Å². The summed E-state index contributed by atoms with van der Waals surface area (Å²) in [6, 6.07) is 5.54. The van der Waals surface area contributed by atoms with Crippen LogP contribution in [0, 0.1) is 3.57 Å². The first-order chi connectivity index (χ1) is 8.11. The highest BCUT2D eigenvalue weighted by Gasteiger charge is 2.09. The van der Waals surface area contributed by atoms with Crippen LogP contribution < -0.4 is 10.3 Å². The molecule has 0 fully saturated rings. The SMILES string of the molecule is COc1ccc(Br)cc1-c1ncc(I)c(=O)[nH]1. The number of benzene rings is 1. The predicted octanol–water partition coefficient (Wildman–Crippen LogP) is 2.81. The van der Waals surface area contributed by atoms with E-state index in [2.05, 4.69) is 25.9 Å². The molecule has 0 unspecified atom stereocenters. The van der Waals surface area contributed by atoms with Gasteiger partial charge in [-0.05, 0) is 40.8 Å². The molecule has 88 valence electrons. The molecule has 0 aliphatic carbocycles. The van der Waals surface area contributed by atoms with Crippen molar-refractivity contribution in [2.24, 2.45) is 0 Å². The van der Waals surface area contributed by atoms with Crippen molar-refractivity contribution in [3.63, 3.8) is 0 Å². The first kappa shape index (κ1) is 12.6. The lowest BCUT2D eigenvalue weighted by molar-refractivity contribution is 0.416. The van der Waals surface area contributed by atoms with E-state index >= 15 is 0 Å². The van der Waals surface area contributed by atoms with Crippen LogP contribution in [0.5, 0.6) is 5.75 Å². The normalized spacial score (nSPS) is 10.3. The Morgan fingerprint density at radius 2 is 2.24 bits per heavy atom. The minimum atomic E-state index is -0.155. The van der Waals surface area contributed by atoms with Crippen LogP contribution >= 0.6 is 38.5 Å². The number of nitrogens with zero attached hydrogens (tertiary/aromatic N) is 1. The Morgan fingerprint density at radius 3 is 2.88 bits per heavy atom. The minimum Gasteiger partial charge on any atom is -0.496 e. The molecule has 1 heterocycles. The van der Waals surface area contributed by atoms with E-state index in [4.69, 9.17) is 4.74 Å². The van der Waals surface area contributed by atoms with Gasteiger partial charge in [0.15, 0.2) is 0 Å². The summed E-state index contributed by atoms with van der Waals surface area (Å²) in [5, 5.41) is 0. The minimum absolute atomic E-state index is 0.155. The Kier molecular flexibility index (Phi) is 3.82. The number of rotatable bonds is 2. The second-order valence-corrected chi connectivity index (χ2v) is 5.33. The van der Waals surface area contributed by atoms with Crippen LogP contribution in [0.15, 0.2) is 33.7 Å². The molecule has 0 atom stereocenters. The van der Waals surface area contributed by atoms with Crippen molar-refractivity contribution in [3.05, 3.63) is 42.8 Å². The lowest BCUT2D eigenvalue weighted by Crippen LogP contribution is -2.11. The fraction of sp³-hybridized carbons (Fsp3) is 0.0909. The lowest BCUT2D eigenvalue weighted by atomic mass is 10.2. The molecule has 6 heteroatoms. The number of hydrogen-bond acceptors (Lipinski definition) is 3. The Morgan fingerprint density at radius 1 is 1.47 bits per heavy atom. The van der Waals surface area contributed by atoms with Crippen LogP contribution in [0.4, 0.5) is 0 Å². The third kappa shape index (κ3) is 2.68. The Hall–Kier alpha value is -0.890. The van der Waals surface area contributed by atoms with Crippen molar-refractivity contribution in [3.8, 4) is 17.1 Å². The fourth-order valence-corrected chi connectivity index (χ4v) is 2.02. The summed E-state index contributed by atoms with van der Waals surface area (Å²) < 4.78 is 6.69. The zero-order chi connectivity index (χ0) is 12.4. The number of hydrogen-bond donors (Lipinski definition) is 1. The first-order valence-electron chi connectivity index (χ1n) is 4.70. The number of ether oxygens (including phenoxy) is 1. The van der Waals surface area contributed by atoms with Crippen molar-refractivity contribution in [2.45, 2.75) is 0 Å². The van der Waals surface area contributed by atoms with Crippen molar-refractivity contribution >= 4 is 38.5 Å². The zero-order valence-corrected chi connectivity index (χ0v) is 12.6. The molecule has 1 N–H and O–H groups in total. The Balaban J connectivity index is 2.62. The van der Waals surface area contributed by atoms with Crippen molar-refractivity contribution in [1.29, 1.82) is 0 Å². The summed E-state index contributed by atoms with van der Waals surface area (Å²) >= 11 is 5.32. The largest absolute Gasteiger partial charge is 0.496 e. The Labute approximate surface area is 120 Å². The summed E-state index contributed by atoms with van der Waals surface area (Å²) in [5.41, 5.74) is 0.591. The average molecular weight is 407 g/mol. The van der Waals surface area contributed by atoms with Crippen LogP contribution in [0.3, 0.4) is 0 Å². The third-order valence-corrected chi connectivity index (χ3v) is 3.43. The molecule has 0 bridgehead atoms. The molecule has 4 nitrogen and oxygen atoms in total. The van der Waals surface area contributed by atoms with E-state index in [1.807, 2.05) is 40.8 Å². The molecular formula is C11H8BrIN2O2. The average Bonchev–Trinajstić information content (AvgIpc) is 2.32. The van der Waals surface area contributed by atoms with E-state index < -0.39 is 0 Å². The van der Waals surface area contributed by atoms with Gasteiger partial charge in [0.2, 0.25) is 0 Å². The van der Waals surface area contributed by atoms with Gasteiger partial charge in [0.25, 0.3) is 5.56 Å². The number of methoxy groups -OCH3 is 1. The third-order valence-electron chi connectivity index (χ3n) is 2.17. The topological polar surface area (TPSA) is 55.0 Å². The van der Waals surface area contributed by atoms with Crippen LogP contribution in [0.2, 0.25) is 0 Å². The van der Waals surface area contributed by atoms with E-state index in [1.165, 1.54) is 6.20 Å². The maximum Gasteiger partial charge on any atom is 0.264 e. The summed E-state index contributed by atoms with van der Waals surface area (Å²) in [6.45, 7) is 0. The van der Waals surface area contributed by atoms with Crippen molar-refractivity contribution in [2.75, 3.05) is 7.11 Å².